The van der Waals surface area contributed by atoms with Gasteiger partial charge in [0, 0.05) is 44.7 Å². The number of nitrogens with one attached hydrogen (secondary N) is 2. The summed E-state index contributed by atoms with van der Waals surface area (Å²) < 4.78 is 5.64. The number of hydrogen-bond acceptors (Lipinski definition) is 8. The van der Waals surface area contributed by atoms with Crippen molar-refractivity contribution in [2.45, 2.75) is 54.8 Å². The molecular formula is C20H27N7OS2. The van der Waals surface area contributed by atoms with Crippen molar-refractivity contribution in [3.8, 4) is 0 Å². The molecule has 160 valence electrons. The topological polar surface area (TPSA) is 88.1 Å². The van der Waals surface area contributed by atoms with Crippen LogP contribution in [-0.4, -0.2) is 57.4 Å². The Morgan fingerprint density at radius 1 is 1.13 bits per heavy atom. The maximum Gasteiger partial charge on any atom is 0.232 e. The Hall–Kier alpha value is -2.04. The van der Waals surface area contributed by atoms with Gasteiger partial charge in [-0.1, -0.05) is 12.8 Å². The fraction of sp³-hybridized carbons (Fsp3) is 0.550. The summed E-state index contributed by atoms with van der Waals surface area (Å²) in [5.74, 6) is 1.40. The Labute approximate surface area is 186 Å². The average Bonchev–Trinajstić information content (AvgIpc) is 3.13. The number of anilines is 2. The maximum absolute atomic E-state index is 5.64. The molecule has 2 aliphatic heterocycles. The van der Waals surface area contributed by atoms with Crippen LogP contribution in [0.15, 0.2) is 34.7 Å². The lowest BCUT2D eigenvalue weighted by Gasteiger charge is -2.22. The lowest BCUT2D eigenvalue weighted by Crippen LogP contribution is -2.35. The minimum atomic E-state index is 0.218. The third kappa shape index (κ3) is 6.23. The second-order valence-electron chi connectivity index (χ2n) is 7.39. The molecule has 2 fully saturated rings. The quantitative estimate of drug-likeness (QED) is 0.392. The zero-order valence-corrected chi connectivity index (χ0v) is 18.6. The van der Waals surface area contributed by atoms with E-state index in [-0.39, 0.29) is 6.10 Å². The molecule has 8 nitrogen and oxygen atoms in total. The first-order valence-corrected chi connectivity index (χ1v) is 11.7. The van der Waals surface area contributed by atoms with Gasteiger partial charge in [0.2, 0.25) is 5.95 Å². The van der Waals surface area contributed by atoms with Crippen molar-refractivity contribution in [3.05, 3.63) is 24.5 Å². The molecule has 1 atom stereocenters. The molecule has 0 radical (unpaired) electrons. The van der Waals surface area contributed by atoms with E-state index in [1.54, 1.807) is 18.5 Å². The van der Waals surface area contributed by atoms with Crippen LogP contribution in [0.1, 0.15) is 38.5 Å². The maximum atomic E-state index is 5.64. The Morgan fingerprint density at radius 2 is 1.93 bits per heavy atom. The monoisotopic (exact) mass is 445 g/mol. The predicted octanol–water partition coefficient (Wildman–Crippen LogP) is 3.26. The first kappa shape index (κ1) is 21.2. The average molecular weight is 446 g/mol. The summed E-state index contributed by atoms with van der Waals surface area (Å²) in [6.07, 6.45) is 10.7. The summed E-state index contributed by atoms with van der Waals surface area (Å²) in [6, 6.07) is 3.82. The van der Waals surface area contributed by atoms with Crippen LogP contribution in [0.4, 0.5) is 11.8 Å². The van der Waals surface area contributed by atoms with E-state index in [0.29, 0.717) is 22.8 Å². The molecule has 30 heavy (non-hydrogen) atoms. The highest BCUT2D eigenvalue weighted by molar-refractivity contribution is 7.99. The fourth-order valence-electron chi connectivity index (χ4n) is 3.57. The molecule has 2 aromatic heterocycles. The van der Waals surface area contributed by atoms with Gasteiger partial charge in [0.25, 0.3) is 0 Å². The zero-order chi connectivity index (χ0) is 20.6. The second kappa shape index (κ2) is 10.8. The second-order valence-corrected chi connectivity index (χ2v) is 8.79. The van der Waals surface area contributed by atoms with Crippen molar-refractivity contribution in [1.82, 2.24) is 25.3 Å². The van der Waals surface area contributed by atoms with Crippen LogP contribution in [-0.2, 0) is 4.74 Å². The molecule has 2 aromatic rings. The largest absolute Gasteiger partial charge is 0.376 e. The van der Waals surface area contributed by atoms with Gasteiger partial charge in [0.05, 0.1) is 6.10 Å². The number of ether oxygens (including phenoxy) is 1. The minimum absolute atomic E-state index is 0.218. The van der Waals surface area contributed by atoms with Gasteiger partial charge in [0.1, 0.15) is 10.8 Å². The van der Waals surface area contributed by atoms with Gasteiger partial charge in [-0.15, -0.1) is 0 Å². The molecule has 0 amide bonds. The molecule has 0 aliphatic carbocycles. The molecule has 0 spiro atoms. The summed E-state index contributed by atoms with van der Waals surface area (Å²) in [7, 11) is 0. The summed E-state index contributed by atoms with van der Waals surface area (Å²) >= 11 is 6.88. The lowest BCUT2D eigenvalue weighted by atomic mass is 10.2. The van der Waals surface area contributed by atoms with Crippen molar-refractivity contribution in [2.75, 3.05) is 36.5 Å². The van der Waals surface area contributed by atoms with Crippen LogP contribution in [0.2, 0.25) is 0 Å². The Kier molecular flexibility index (Phi) is 7.65. The highest BCUT2D eigenvalue weighted by atomic mass is 32.2. The molecular weight excluding hydrogens is 418 g/mol. The normalized spacial score (nSPS) is 19.3. The van der Waals surface area contributed by atoms with E-state index in [0.717, 1.165) is 43.4 Å². The summed E-state index contributed by atoms with van der Waals surface area (Å²) in [5.41, 5.74) is 0. The van der Waals surface area contributed by atoms with E-state index >= 15 is 0 Å². The van der Waals surface area contributed by atoms with E-state index in [9.17, 15) is 0 Å². The first-order chi connectivity index (χ1) is 14.8. The van der Waals surface area contributed by atoms with Crippen LogP contribution in [0.25, 0.3) is 0 Å². The van der Waals surface area contributed by atoms with Gasteiger partial charge in [-0.25, -0.2) is 15.0 Å². The van der Waals surface area contributed by atoms with E-state index in [1.807, 2.05) is 6.07 Å². The van der Waals surface area contributed by atoms with Crippen molar-refractivity contribution >= 4 is 40.9 Å². The van der Waals surface area contributed by atoms with E-state index in [4.69, 9.17) is 21.9 Å². The van der Waals surface area contributed by atoms with Crippen LogP contribution in [0.3, 0.4) is 0 Å². The molecule has 0 bridgehead atoms. The lowest BCUT2D eigenvalue weighted by molar-refractivity contribution is 0.114. The van der Waals surface area contributed by atoms with E-state index in [2.05, 4.69) is 30.5 Å². The van der Waals surface area contributed by atoms with Crippen molar-refractivity contribution in [3.63, 3.8) is 0 Å². The molecule has 4 rings (SSSR count). The predicted molar refractivity (Wildman–Crippen MR) is 122 cm³/mol. The number of nitrogens with zero attached hydrogens (tertiary/aromatic N) is 5. The van der Waals surface area contributed by atoms with Gasteiger partial charge < -0.3 is 20.3 Å². The number of aromatic nitrogens is 4. The third-order valence-corrected chi connectivity index (χ3v) is 6.15. The zero-order valence-electron chi connectivity index (χ0n) is 16.9. The van der Waals surface area contributed by atoms with Crippen LogP contribution >= 0.6 is 24.0 Å². The van der Waals surface area contributed by atoms with Gasteiger partial charge in [-0.2, -0.15) is 4.98 Å². The fourth-order valence-corrected chi connectivity index (χ4v) is 4.46. The van der Waals surface area contributed by atoms with Crippen LogP contribution in [0, 0.1) is 0 Å². The molecule has 2 aliphatic rings. The van der Waals surface area contributed by atoms with Crippen molar-refractivity contribution < 1.29 is 4.74 Å². The first-order valence-electron chi connectivity index (χ1n) is 10.5. The molecule has 2 saturated heterocycles. The van der Waals surface area contributed by atoms with Crippen molar-refractivity contribution in [1.29, 1.82) is 0 Å². The molecule has 2 N–H and O–H groups in total. The van der Waals surface area contributed by atoms with Crippen LogP contribution in [0.5, 0.6) is 0 Å². The molecule has 4 heterocycles. The molecule has 1 unspecified atom stereocenters. The summed E-state index contributed by atoms with van der Waals surface area (Å²) in [6.45, 7) is 3.53. The van der Waals surface area contributed by atoms with Gasteiger partial charge in [-0.3, -0.25) is 0 Å². The number of thiocarbonyl (C=S) groups is 1. The Bertz CT molecular complexity index is 825. The Morgan fingerprint density at radius 3 is 2.67 bits per heavy atom. The Balaban J connectivity index is 1.49. The summed E-state index contributed by atoms with van der Waals surface area (Å²) in [5, 5.41) is 8.32. The van der Waals surface area contributed by atoms with Crippen molar-refractivity contribution in [2.24, 2.45) is 0 Å². The van der Waals surface area contributed by atoms with Gasteiger partial charge in [0.15, 0.2) is 10.3 Å². The highest BCUT2D eigenvalue weighted by Gasteiger charge is 2.17. The summed E-state index contributed by atoms with van der Waals surface area (Å²) in [4.78, 5) is 20.3. The molecule has 0 aromatic carbocycles. The SMILES string of the molecule is S=C(NCC1CCCO1)Nc1nc(Sc2ncccn2)cc(N2CCCCCC2)n1. The van der Waals surface area contributed by atoms with Gasteiger partial charge in [-0.05, 0) is 55.7 Å². The third-order valence-electron chi connectivity index (χ3n) is 5.10. The smallest absolute Gasteiger partial charge is 0.232 e. The highest BCUT2D eigenvalue weighted by Crippen LogP contribution is 2.28. The molecule has 0 saturated carbocycles. The van der Waals surface area contributed by atoms with Gasteiger partial charge >= 0.3 is 0 Å². The molecule has 10 heteroatoms. The van der Waals surface area contributed by atoms with E-state index in [1.165, 1.54) is 37.4 Å². The number of hydrogen-bond donors (Lipinski definition) is 2. The van der Waals surface area contributed by atoms with Crippen LogP contribution < -0.4 is 15.5 Å². The van der Waals surface area contributed by atoms with E-state index < -0.39 is 0 Å². The standard InChI is InChI=1S/C20H27N7OS2/c29-19(23-14-15-7-5-12-28-15)26-18-24-16(27-10-3-1-2-4-11-27)13-17(25-18)30-20-21-8-6-9-22-20/h6,8-9,13,15H,1-5,7,10-12,14H2,(H2,23,24,25,26,29). The minimum Gasteiger partial charge on any atom is -0.376 e. The number of rotatable bonds is 6.